The van der Waals surface area contributed by atoms with Gasteiger partial charge >= 0.3 is 0 Å². The normalized spacial score (nSPS) is 10.5. The van der Waals surface area contributed by atoms with Crippen molar-refractivity contribution in [1.29, 1.82) is 0 Å². The van der Waals surface area contributed by atoms with Crippen LogP contribution in [0.4, 0.5) is 5.69 Å². The summed E-state index contributed by atoms with van der Waals surface area (Å²) in [7, 11) is 0. The van der Waals surface area contributed by atoms with Crippen molar-refractivity contribution in [2.75, 3.05) is 5.32 Å². The summed E-state index contributed by atoms with van der Waals surface area (Å²) in [5.41, 5.74) is 1.95. The van der Waals surface area contributed by atoms with E-state index in [1.165, 1.54) is 0 Å². The molecule has 0 bridgehead atoms. The molecule has 0 saturated heterocycles. The fraction of sp³-hybridized carbons (Fsp3) is 0.0667. The third-order valence-corrected chi connectivity index (χ3v) is 3.55. The van der Waals surface area contributed by atoms with Crippen LogP contribution in [0.15, 0.2) is 53.3 Å². The first-order valence-electron chi connectivity index (χ1n) is 6.55. The zero-order valence-corrected chi connectivity index (χ0v) is 13.3. The highest BCUT2D eigenvalue weighted by molar-refractivity contribution is 9.10. The number of hydrogen-bond acceptors (Lipinski definition) is 4. The van der Waals surface area contributed by atoms with E-state index in [0.717, 1.165) is 15.7 Å². The SMILES string of the molecule is Cc1cc(Br)ccc1NC(=O)c1ccc(-n2cccn2)nn1. The maximum atomic E-state index is 12.2. The van der Waals surface area contributed by atoms with Gasteiger partial charge in [-0.3, -0.25) is 4.79 Å². The van der Waals surface area contributed by atoms with Gasteiger partial charge in [-0.2, -0.15) is 5.10 Å². The molecule has 0 radical (unpaired) electrons. The van der Waals surface area contributed by atoms with Crippen LogP contribution in [0.2, 0.25) is 0 Å². The Balaban J connectivity index is 1.77. The van der Waals surface area contributed by atoms with Gasteiger partial charge in [-0.1, -0.05) is 15.9 Å². The molecule has 0 unspecified atom stereocenters. The Morgan fingerprint density at radius 2 is 2.09 bits per heavy atom. The van der Waals surface area contributed by atoms with Crippen LogP contribution < -0.4 is 5.32 Å². The van der Waals surface area contributed by atoms with Crippen molar-refractivity contribution in [2.45, 2.75) is 6.92 Å². The van der Waals surface area contributed by atoms with Crippen LogP contribution >= 0.6 is 15.9 Å². The summed E-state index contributed by atoms with van der Waals surface area (Å²) in [4.78, 5) is 12.2. The molecule has 3 rings (SSSR count). The second kappa shape index (κ2) is 6.07. The molecule has 0 aliphatic rings. The first-order chi connectivity index (χ1) is 10.6. The van der Waals surface area contributed by atoms with Gasteiger partial charge in [0.15, 0.2) is 11.5 Å². The predicted octanol–water partition coefficient (Wildman–Crippen LogP) is 2.99. The van der Waals surface area contributed by atoms with Crippen molar-refractivity contribution in [3.8, 4) is 5.82 Å². The molecule has 0 atom stereocenters. The van der Waals surface area contributed by atoms with Gasteiger partial charge in [0.2, 0.25) is 0 Å². The van der Waals surface area contributed by atoms with Gasteiger partial charge in [0.05, 0.1) is 0 Å². The molecule has 2 heterocycles. The summed E-state index contributed by atoms with van der Waals surface area (Å²) in [6.45, 7) is 1.92. The molecule has 3 aromatic rings. The van der Waals surface area contributed by atoms with Gasteiger partial charge in [0.1, 0.15) is 0 Å². The minimum atomic E-state index is -0.301. The van der Waals surface area contributed by atoms with E-state index in [9.17, 15) is 4.79 Å². The van der Waals surface area contributed by atoms with Gasteiger partial charge in [0, 0.05) is 22.6 Å². The zero-order chi connectivity index (χ0) is 15.5. The fourth-order valence-electron chi connectivity index (χ4n) is 1.93. The fourth-order valence-corrected chi connectivity index (χ4v) is 2.40. The summed E-state index contributed by atoms with van der Waals surface area (Å²) in [6, 6.07) is 10.7. The second-order valence-corrected chi connectivity index (χ2v) is 5.56. The highest BCUT2D eigenvalue weighted by Crippen LogP contribution is 2.20. The minimum Gasteiger partial charge on any atom is -0.320 e. The summed E-state index contributed by atoms with van der Waals surface area (Å²) < 4.78 is 2.54. The van der Waals surface area contributed by atoms with E-state index < -0.39 is 0 Å². The molecule has 2 aromatic heterocycles. The maximum Gasteiger partial charge on any atom is 0.276 e. The number of benzene rings is 1. The third kappa shape index (κ3) is 3.04. The lowest BCUT2D eigenvalue weighted by atomic mass is 10.2. The summed E-state index contributed by atoms with van der Waals surface area (Å²) in [5, 5.41) is 14.8. The lowest BCUT2D eigenvalue weighted by Gasteiger charge is -2.08. The summed E-state index contributed by atoms with van der Waals surface area (Å²) in [6.07, 6.45) is 3.41. The van der Waals surface area contributed by atoms with Crippen LogP contribution in [-0.4, -0.2) is 25.9 Å². The van der Waals surface area contributed by atoms with Crippen molar-refractivity contribution in [3.63, 3.8) is 0 Å². The lowest BCUT2D eigenvalue weighted by Crippen LogP contribution is -2.15. The van der Waals surface area contributed by atoms with E-state index in [0.29, 0.717) is 5.82 Å². The first kappa shape index (κ1) is 14.4. The highest BCUT2D eigenvalue weighted by atomic mass is 79.9. The van der Waals surface area contributed by atoms with Crippen LogP contribution in [0.25, 0.3) is 5.82 Å². The van der Waals surface area contributed by atoms with E-state index in [-0.39, 0.29) is 11.6 Å². The quantitative estimate of drug-likeness (QED) is 0.781. The number of aryl methyl sites for hydroxylation is 1. The molecular formula is C15H12BrN5O. The third-order valence-electron chi connectivity index (χ3n) is 3.06. The average Bonchev–Trinajstić information content (AvgIpc) is 3.04. The molecule has 0 aliphatic heterocycles. The van der Waals surface area contributed by atoms with Gasteiger partial charge in [-0.25, -0.2) is 4.68 Å². The molecule has 1 amide bonds. The summed E-state index contributed by atoms with van der Waals surface area (Å²) in [5.74, 6) is 0.256. The number of aromatic nitrogens is 4. The van der Waals surface area contributed by atoms with E-state index in [4.69, 9.17) is 0 Å². The Morgan fingerprint density at radius 1 is 1.23 bits per heavy atom. The van der Waals surface area contributed by atoms with Gasteiger partial charge in [0.25, 0.3) is 5.91 Å². The Morgan fingerprint density at radius 3 is 2.73 bits per heavy atom. The highest BCUT2D eigenvalue weighted by Gasteiger charge is 2.10. The number of nitrogens with zero attached hydrogens (tertiary/aromatic N) is 4. The standard InChI is InChI=1S/C15H12BrN5O/c1-10-9-11(16)3-4-12(10)18-15(22)13-5-6-14(20-19-13)21-8-2-7-17-21/h2-9H,1H3,(H,18,22). The van der Waals surface area contributed by atoms with Crippen LogP contribution in [0, 0.1) is 6.92 Å². The minimum absolute atomic E-state index is 0.248. The van der Waals surface area contributed by atoms with E-state index in [1.807, 2.05) is 25.1 Å². The van der Waals surface area contributed by atoms with Crippen LogP contribution in [-0.2, 0) is 0 Å². The Bertz CT molecular complexity index is 799. The Hall–Kier alpha value is -2.54. The monoisotopic (exact) mass is 357 g/mol. The van der Waals surface area contributed by atoms with E-state index >= 15 is 0 Å². The molecule has 0 spiro atoms. The predicted molar refractivity (Wildman–Crippen MR) is 86.0 cm³/mol. The van der Waals surface area contributed by atoms with Gasteiger partial charge in [-0.15, -0.1) is 10.2 Å². The molecule has 22 heavy (non-hydrogen) atoms. The van der Waals surface area contributed by atoms with E-state index in [2.05, 4.69) is 36.5 Å². The zero-order valence-electron chi connectivity index (χ0n) is 11.7. The summed E-state index contributed by atoms with van der Waals surface area (Å²) >= 11 is 3.39. The first-order valence-corrected chi connectivity index (χ1v) is 7.34. The Kier molecular flexibility index (Phi) is 3.97. The number of carbonyl (C=O) groups is 1. The Labute approximate surface area is 135 Å². The van der Waals surface area contributed by atoms with Gasteiger partial charge in [-0.05, 0) is 48.9 Å². The number of carbonyl (C=O) groups excluding carboxylic acids is 1. The molecule has 0 fully saturated rings. The van der Waals surface area contributed by atoms with Crippen LogP contribution in [0.3, 0.4) is 0 Å². The average molecular weight is 358 g/mol. The van der Waals surface area contributed by atoms with Crippen molar-refractivity contribution in [1.82, 2.24) is 20.0 Å². The van der Waals surface area contributed by atoms with Crippen LogP contribution in [0.5, 0.6) is 0 Å². The number of anilines is 1. The maximum absolute atomic E-state index is 12.2. The van der Waals surface area contributed by atoms with E-state index in [1.54, 1.807) is 35.3 Å². The number of hydrogen-bond donors (Lipinski definition) is 1. The second-order valence-electron chi connectivity index (χ2n) is 4.64. The number of amides is 1. The van der Waals surface area contributed by atoms with Crippen molar-refractivity contribution < 1.29 is 4.79 Å². The molecule has 7 heteroatoms. The number of nitrogens with one attached hydrogen (secondary N) is 1. The molecular weight excluding hydrogens is 346 g/mol. The largest absolute Gasteiger partial charge is 0.320 e. The number of rotatable bonds is 3. The molecule has 0 saturated carbocycles. The molecule has 6 nitrogen and oxygen atoms in total. The topological polar surface area (TPSA) is 72.7 Å². The molecule has 0 aliphatic carbocycles. The molecule has 110 valence electrons. The molecule has 1 aromatic carbocycles. The van der Waals surface area contributed by atoms with Gasteiger partial charge < -0.3 is 5.32 Å². The lowest BCUT2D eigenvalue weighted by molar-refractivity contribution is 0.102. The van der Waals surface area contributed by atoms with Crippen LogP contribution in [0.1, 0.15) is 16.1 Å². The molecule has 1 N–H and O–H groups in total. The van der Waals surface area contributed by atoms with Crippen molar-refractivity contribution in [3.05, 3.63) is 64.5 Å². The van der Waals surface area contributed by atoms with Crippen molar-refractivity contribution >= 4 is 27.5 Å². The van der Waals surface area contributed by atoms with Crippen molar-refractivity contribution in [2.24, 2.45) is 0 Å². The number of halogens is 1. The smallest absolute Gasteiger partial charge is 0.276 e.